The molecule has 5 heteroatoms. The molecule has 0 atom stereocenters. The Morgan fingerprint density at radius 1 is 1.29 bits per heavy atom. The van der Waals surface area contributed by atoms with Gasteiger partial charge in [0.25, 0.3) is 0 Å². The Morgan fingerprint density at radius 3 is 2.59 bits per heavy atom. The first kappa shape index (κ1) is 13.7. The SMILES string of the molecule is CCN(CC)CCCNc1cc(C)nc(N)n1. The van der Waals surface area contributed by atoms with Crippen LogP contribution in [0.5, 0.6) is 0 Å². The molecule has 1 rings (SSSR count). The third-order valence-corrected chi connectivity index (χ3v) is 2.72. The highest BCUT2D eigenvalue weighted by Gasteiger charge is 2.00. The van der Waals surface area contributed by atoms with Gasteiger partial charge in [0, 0.05) is 18.3 Å². The van der Waals surface area contributed by atoms with Crippen molar-refractivity contribution in [2.45, 2.75) is 27.2 Å². The first-order chi connectivity index (χ1) is 8.15. The number of aromatic nitrogens is 2. The number of hydrogen-bond donors (Lipinski definition) is 2. The molecule has 0 saturated heterocycles. The van der Waals surface area contributed by atoms with Crippen molar-refractivity contribution in [3.63, 3.8) is 0 Å². The number of nitrogens with two attached hydrogens (primary N) is 1. The lowest BCUT2D eigenvalue weighted by Gasteiger charge is -2.17. The molecule has 0 amide bonds. The molecule has 1 aromatic rings. The molecule has 0 saturated carbocycles. The second-order valence-corrected chi connectivity index (χ2v) is 4.06. The minimum Gasteiger partial charge on any atom is -0.370 e. The molecule has 0 aliphatic rings. The van der Waals surface area contributed by atoms with E-state index in [2.05, 4.69) is 34.0 Å². The van der Waals surface area contributed by atoms with Gasteiger partial charge in [-0.15, -0.1) is 0 Å². The zero-order chi connectivity index (χ0) is 12.7. The Balaban J connectivity index is 2.31. The van der Waals surface area contributed by atoms with Crippen LogP contribution < -0.4 is 11.1 Å². The zero-order valence-electron chi connectivity index (χ0n) is 11.0. The molecule has 5 nitrogen and oxygen atoms in total. The summed E-state index contributed by atoms with van der Waals surface area (Å²) >= 11 is 0. The van der Waals surface area contributed by atoms with Crippen molar-refractivity contribution in [2.24, 2.45) is 0 Å². The minimum atomic E-state index is 0.330. The third-order valence-electron chi connectivity index (χ3n) is 2.72. The fraction of sp³-hybridized carbons (Fsp3) is 0.667. The van der Waals surface area contributed by atoms with E-state index in [1.54, 1.807) is 0 Å². The van der Waals surface area contributed by atoms with Gasteiger partial charge >= 0.3 is 0 Å². The Kier molecular flexibility index (Phi) is 5.69. The lowest BCUT2D eigenvalue weighted by Crippen LogP contribution is -2.25. The Morgan fingerprint density at radius 2 is 2.00 bits per heavy atom. The molecule has 0 spiro atoms. The van der Waals surface area contributed by atoms with E-state index in [0.29, 0.717) is 5.95 Å². The van der Waals surface area contributed by atoms with Crippen molar-refractivity contribution >= 4 is 11.8 Å². The third kappa shape index (κ3) is 4.99. The largest absolute Gasteiger partial charge is 0.370 e. The first-order valence-corrected chi connectivity index (χ1v) is 6.23. The van der Waals surface area contributed by atoms with Gasteiger partial charge in [0.05, 0.1) is 0 Å². The highest BCUT2D eigenvalue weighted by atomic mass is 15.1. The van der Waals surface area contributed by atoms with Crippen LogP contribution in [-0.4, -0.2) is 41.0 Å². The highest BCUT2D eigenvalue weighted by Crippen LogP contribution is 2.06. The number of aryl methyl sites for hydroxylation is 1. The van der Waals surface area contributed by atoms with Gasteiger partial charge in [-0.05, 0) is 33.0 Å². The maximum absolute atomic E-state index is 5.58. The normalized spacial score (nSPS) is 10.8. The molecule has 0 aromatic carbocycles. The van der Waals surface area contributed by atoms with Crippen molar-refractivity contribution in [3.05, 3.63) is 11.8 Å². The first-order valence-electron chi connectivity index (χ1n) is 6.23. The molecule has 0 aliphatic carbocycles. The van der Waals surface area contributed by atoms with Gasteiger partial charge in [0.1, 0.15) is 5.82 Å². The summed E-state index contributed by atoms with van der Waals surface area (Å²) in [6.07, 6.45) is 1.10. The van der Waals surface area contributed by atoms with Crippen LogP contribution in [0.25, 0.3) is 0 Å². The number of nitrogen functional groups attached to an aromatic ring is 1. The summed E-state index contributed by atoms with van der Waals surface area (Å²) in [5, 5.41) is 3.27. The van der Waals surface area contributed by atoms with Crippen LogP contribution in [0.2, 0.25) is 0 Å². The molecular weight excluding hydrogens is 214 g/mol. The Hall–Kier alpha value is -1.36. The Labute approximate surface area is 103 Å². The molecule has 1 aromatic heterocycles. The lowest BCUT2D eigenvalue weighted by molar-refractivity contribution is 0.303. The maximum atomic E-state index is 5.58. The van der Waals surface area contributed by atoms with Crippen molar-refractivity contribution in [3.8, 4) is 0 Å². The van der Waals surface area contributed by atoms with E-state index in [0.717, 1.165) is 44.1 Å². The van der Waals surface area contributed by atoms with E-state index < -0.39 is 0 Å². The number of nitrogens with zero attached hydrogens (tertiary/aromatic N) is 3. The van der Waals surface area contributed by atoms with Crippen LogP contribution in [0.4, 0.5) is 11.8 Å². The average Bonchev–Trinajstić information content (AvgIpc) is 2.28. The number of hydrogen-bond acceptors (Lipinski definition) is 5. The van der Waals surface area contributed by atoms with Gasteiger partial charge < -0.3 is 16.0 Å². The van der Waals surface area contributed by atoms with Crippen LogP contribution in [-0.2, 0) is 0 Å². The minimum absolute atomic E-state index is 0.330. The second kappa shape index (κ2) is 7.06. The summed E-state index contributed by atoms with van der Waals surface area (Å²) in [5.41, 5.74) is 6.48. The molecule has 96 valence electrons. The van der Waals surface area contributed by atoms with E-state index in [9.17, 15) is 0 Å². The van der Waals surface area contributed by atoms with Crippen molar-refractivity contribution in [1.29, 1.82) is 0 Å². The summed E-state index contributed by atoms with van der Waals surface area (Å²) in [6, 6.07) is 1.91. The summed E-state index contributed by atoms with van der Waals surface area (Å²) in [4.78, 5) is 10.6. The molecule has 0 bridgehead atoms. The second-order valence-electron chi connectivity index (χ2n) is 4.06. The fourth-order valence-electron chi connectivity index (χ4n) is 1.74. The van der Waals surface area contributed by atoms with Crippen LogP contribution in [0, 0.1) is 6.92 Å². The van der Waals surface area contributed by atoms with Gasteiger partial charge in [-0.1, -0.05) is 13.8 Å². The monoisotopic (exact) mass is 237 g/mol. The summed E-state index contributed by atoms with van der Waals surface area (Å²) in [5.74, 6) is 1.14. The van der Waals surface area contributed by atoms with Gasteiger partial charge in [0.2, 0.25) is 5.95 Å². The molecule has 17 heavy (non-hydrogen) atoms. The molecule has 1 heterocycles. The van der Waals surface area contributed by atoms with Crippen molar-refractivity contribution in [1.82, 2.24) is 14.9 Å². The van der Waals surface area contributed by atoms with E-state index >= 15 is 0 Å². The predicted molar refractivity (Wildman–Crippen MR) is 72.1 cm³/mol. The van der Waals surface area contributed by atoms with Crippen LogP contribution in [0.3, 0.4) is 0 Å². The van der Waals surface area contributed by atoms with E-state index in [-0.39, 0.29) is 0 Å². The molecule has 0 unspecified atom stereocenters. The quantitative estimate of drug-likeness (QED) is 0.704. The van der Waals surface area contributed by atoms with Gasteiger partial charge in [0.15, 0.2) is 0 Å². The van der Waals surface area contributed by atoms with Crippen molar-refractivity contribution in [2.75, 3.05) is 37.2 Å². The molecule has 0 aliphatic heterocycles. The Bertz CT molecular complexity index is 315. The lowest BCUT2D eigenvalue weighted by atomic mass is 10.3. The van der Waals surface area contributed by atoms with E-state index in [1.165, 1.54) is 0 Å². The smallest absolute Gasteiger partial charge is 0.222 e. The predicted octanol–water partition coefficient (Wildman–Crippen LogP) is 1.51. The number of anilines is 2. The topological polar surface area (TPSA) is 67.1 Å². The molecule has 3 N–H and O–H groups in total. The van der Waals surface area contributed by atoms with Gasteiger partial charge in [-0.25, -0.2) is 4.98 Å². The van der Waals surface area contributed by atoms with Crippen molar-refractivity contribution < 1.29 is 0 Å². The summed E-state index contributed by atoms with van der Waals surface area (Å²) in [7, 11) is 0. The molecular formula is C12H23N5. The zero-order valence-corrected chi connectivity index (χ0v) is 11.0. The summed E-state index contributed by atoms with van der Waals surface area (Å²) < 4.78 is 0. The average molecular weight is 237 g/mol. The molecule has 0 fully saturated rings. The standard InChI is InChI=1S/C12H23N5/c1-4-17(5-2)8-6-7-14-11-9-10(3)15-12(13)16-11/h9H,4-8H2,1-3H3,(H3,13,14,15,16). The van der Waals surface area contributed by atoms with E-state index in [1.807, 2.05) is 13.0 Å². The van der Waals surface area contributed by atoms with Crippen LogP contribution in [0.15, 0.2) is 6.07 Å². The van der Waals surface area contributed by atoms with E-state index in [4.69, 9.17) is 5.73 Å². The van der Waals surface area contributed by atoms with Gasteiger partial charge in [-0.2, -0.15) is 4.98 Å². The summed E-state index contributed by atoms with van der Waals surface area (Å²) in [6.45, 7) is 10.5. The van der Waals surface area contributed by atoms with Crippen LogP contribution >= 0.6 is 0 Å². The van der Waals surface area contributed by atoms with Gasteiger partial charge in [-0.3, -0.25) is 0 Å². The highest BCUT2D eigenvalue weighted by molar-refractivity contribution is 5.39. The number of nitrogens with one attached hydrogen (secondary N) is 1. The van der Waals surface area contributed by atoms with Crippen LogP contribution in [0.1, 0.15) is 26.0 Å². The number of rotatable bonds is 7. The molecule has 0 radical (unpaired) electrons. The maximum Gasteiger partial charge on any atom is 0.222 e. The fourth-order valence-corrected chi connectivity index (χ4v) is 1.74.